The van der Waals surface area contributed by atoms with Crippen molar-refractivity contribution in [2.75, 3.05) is 12.0 Å². The number of alkyl halides is 3. The van der Waals surface area contributed by atoms with Crippen molar-refractivity contribution in [3.8, 4) is 5.75 Å². The molecule has 0 bridgehead atoms. The lowest BCUT2D eigenvalue weighted by molar-refractivity contribution is -0.137. The minimum Gasteiger partial charge on any atom is -0.486 e. The van der Waals surface area contributed by atoms with Gasteiger partial charge in [-0.15, -0.1) is 0 Å². The second-order valence-electron chi connectivity index (χ2n) is 5.02. The van der Waals surface area contributed by atoms with E-state index in [1.54, 1.807) is 12.1 Å². The van der Waals surface area contributed by atoms with Gasteiger partial charge in [0.2, 0.25) is 0 Å². The molecule has 0 aromatic heterocycles. The molecule has 0 fully saturated rings. The van der Waals surface area contributed by atoms with Crippen LogP contribution in [0.1, 0.15) is 21.5 Å². The van der Waals surface area contributed by atoms with Crippen molar-refractivity contribution in [1.82, 2.24) is 0 Å². The van der Waals surface area contributed by atoms with Crippen LogP contribution in [0.5, 0.6) is 5.75 Å². The molecule has 1 heterocycles. The summed E-state index contributed by atoms with van der Waals surface area (Å²) in [5.74, 6) is -1.02. The maximum Gasteiger partial charge on any atom is 0.416 e. The maximum absolute atomic E-state index is 12.7. The predicted octanol–water partition coefficient (Wildman–Crippen LogP) is 3.61. The summed E-state index contributed by atoms with van der Waals surface area (Å²) in [5, 5.41) is 13.2. The van der Waals surface area contributed by atoms with Crippen molar-refractivity contribution < 1.29 is 27.8 Å². The number of carboxylic acid groups (broad SMARTS) is 1. The standard InChI is InChI=1S/C16H11F3N2O3/c17-16(18,19)9-5-6-10-13(8-24-14(10)7-9)21-20-12-4-2-1-3-11(12)15(22)23/h1-7,20H,8H2,(H,22,23). The van der Waals surface area contributed by atoms with E-state index in [2.05, 4.69) is 10.5 Å². The zero-order valence-electron chi connectivity index (χ0n) is 12.1. The Hall–Kier alpha value is -3.03. The fraction of sp³-hybridized carbons (Fsp3) is 0.125. The number of nitrogens with one attached hydrogen (secondary N) is 1. The molecule has 2 N–H and O–H groups in total. The summed E-state index contributed by atoms with van der Waals surface area (Å²) in [6.45, 7) is -0.00111. The minimum absolute atomic E-state index is 0.00111. The van der Waals surface area contributed by atoms with Crippen LogP contribution in [0.2, 0.25) is 0 Å². The Labute approximate surface area is 134 Å². The van der Waals surface area contributed by atoms with E-state index >= 15 is 0 Å². The van der Waals surface area contributed by atoms with Gasteiger partial charge in [-0.1, -0.05) is 12.1 Å². The number of fused-ring (bicyclic) bond motifs is 1. The molecule has 0 atom stereocenters. The molecule has 0 spiro atoms. The number of para-hydroxylation sites is 1. The van der Waals surface area contributed by atoms with E-state index in [1.807, 2.05) is 0 Å². The number of hydrogen-bond donors (Lipinski definition) is 2. The van der Waals surface area contributed by atoms with E-state index in [0.717, 1.165) is 12.1 Å². The Balaban J connectivity index is 1.87. The third-order valence-corrected chi connectivity index (χ3v) is 3.45. The Kier molecular flexibility index (Phi) is 3.88. The molecule has 24 heavy (non-hydrogen) atoms. The Morgan fingerprint density at radius 1 is 1.21 bits per heavy atom. The van der Waals surface area contributed by atoms with Crippen molar-refractivity contribution in [3.05, 3.63) is 59.2 Å². The van der Waals surface area contributed by atoms with Crippen LogP contribution >= 0.6 is 0 Å². The molecular weight excluding hydrogens is 325 g/mol. The summed E-state index contributed by atoms with van der Waals surface area (Å²) in [6.07, 6.45) is -4.45. The van der Waals surface area contributed by atoms with Crippen LogP contribution in [-0.4, -0.2) is 23.4 Å². The first-order valence-corrected chi connectivity index (χ1v) is 6.85. The molecular formula is C16H11F3N2O3. The largest absolute Gasteiger partial charge is 0.486 e. The average molecular weight is 336 g/mol. The number of ether oxygens (including phenoxy) is 1. The van der Waals surface area contributed by atoms with Crippen LogP contribution in [0.4, 0.5) is 18.9 Å². The SMILES string of the molecule is O=C(O)c1ccccc1NN=C1COc2cc(C(F)(F)F)ccc21. The molecule has 2 aromatic rings. The maximum atomic E-state index is 12.7. The summed E-state index contributed by atoms with van der Waals surface area (Å²) in [6, 6.07) is 9.33. The van der Waals surface area contributed by atoms with E-state index in [-0.39, 0.29) is 23.6 Å². The number of rotatable bonds is 3. The van der Waals surface area contributed by atoms with Gasteiger partial charge < -0.3 is 9.84 Å². The molecule has 0 radical (unpaired) electrons. The Morgan fingerprint density at radius 3 is 2.67 bits per heavy atom. The van der Waals surface area contributed by atoms with Gasteiger partial charge in [-0.2, -0.15) is 18.3 Å². The second kappa shape index (κ2) is 5.88. The number of hydrazone groups is 1. The summed E-state index contributed by atoms with van der Waals surface area (Å²) >= 11 is 0. The molecule has 0 amide bonds. The lowest BCUT2D eigenvalue weighted by Crippen LogP contribution is -2.08. The van der Waals surface area contributed by atoms with Crippen LogP contribution in [-0.2, 0) is 6.18 Å². The van der Waals surface area contributed by atoms with E-state index in [0.29, 0.717) is 11.3 Å². The topological polar surface area (TPSA) is 70.9 Å². The molecule has 8 heteroatoms. The number of hydrogen-bond acceptors (Lipinski definition) is 4. The van der Waals surface area contributed by atoms with Gasteiger partial charge >= 0.3 is 12.1 Å². The molecule has 124 valence electrons. The second-order valence-corrected chi connectivity index (χ2v) is 5.02. The number of aromatic carboxylic acids is 1. The Bertz CT molecular complexity index is 832. The first kappa shape index (κ1) is 15.9. The third kappa shape index (κ3) is 3.03. The van der Waals surface area contributed by atoms with Gasteiger partial charge in [0.05, 0.1) is 16.8 Å². The number of carboxylic acids is 1. The molecule has 1 aliphatic rings. The van der Waals surface area contributed by atoms with Gasteiger partial charge in [0.25, 0.3) is 0 Å². The molecule has 0 saturated carbocycles. The van der Waals surface area contributed by atoms with Crippen LogP contribution in [0.3, 0.4) is 0 Å². The van der Waals surface area contributed by atoms with E-state index in [9.17, 15) is 18.0 Å². The smallest absolute Gasteiger partial charge is 0.416 e. The fourth-order valence-electron chi connectivity index (χ4n) is 2.27. The highest BCUT2D eigenvalue weighted by molar-refractivity contribution is 6.06. The van der Waals surface area contributed by atoms with Gasteiger partial charge in [0.1, 0.15) is 18.1 Å². The van der Waals surface area contributed by atoms with E-state index in [1.165, 1.54) is 18.2 Å². The first-order chi connectivity index (χ1) is 11.4. The van der Waals surface area contributed by atoms with E-state index < -0.39 is 17.7 Å². The van der Waals surface area contributed by atoms with Gasteiger partial charge in [0.15, 0.2) is 0 Å². The summed E-state index contributed by atoms with van der Waals surface area (Å²) in [4.78, 5) is 11.1. The molecule has 0 saturated heterocycles. The Morgan fingerprint density at radius 2 is 1.96 bits per heavy atom. The summed E-state index contributed by atoms with van der Waals surface area (Å²) < 4.78 is 43.3. The van der Waals surface area contributed by atoms with Crippen LogP contribution in [0.25, 0.3) is 0 Å². The highest BCUT2D eigenvalue weighted by Gasteiger charge is 2.33. The number of anilines is 1. The monoisotopic (exact) mass is 336 g/mol. The lowest BCUT2D eigenvalue weighted by atomic mass is 10.1. The van der Waals surface area contributed by atoms with Crippen LogP contribution in [0, 0.1) is 0 Å². The molecule has 2 aromatic carbocycles. The lowest BCUT2D eigenvalue weighted by Gasteiger charge is -2.08. The average Bonchev–Trinajstić information content (AvgIpc) is 2.94. The van der Waals surface area contributed by atoms with Crippen molar-refractivity contribution in [2.45, 2.75) is 6.18 Å². The van der Waals surface area contributed by atoms with Crippen molar-refractivity contribution in [2.24, 2.45) is 5.10 Å². The normalized spacial score (nSPS) is 15.0. The molecule has 0 unspecified atom stereocenters. The summed E-state index contributed by atoms with van der Waals surface area (Å²) in [7, 11) is 0. The van der Waals surface area contributed by atoms with Gasteiger partial charge in [-0.05, 0) is 30.3 Å². The molecule has 5 nitrogen and oxygen atoms in total. The molecule has 0 aliphatic carbocycles. The zero-order valence-corrected chi connectivity index (χ0v) is 12.1. The third-order valence-electron chi connectivity index (χ3n) is 3.45. The van der Waals surface area contributed by atoms with Crippen molar-refractivity contribution in [3.63, 3.8) is 0 Å². The van der Waals surface area contributed by atoms with Gasteiger partial charge in [-0.25, -0.2) is 4.79 Å². The molecule has 3 rings (SSSR count). The predicted molar refractivity (Wildman–Crippen MR) is 80.5 cm³/mol. The van der Waals surface area contributed by atoms with Crippen molar-refractivity contribution in [1.29, 1.82) is 0 Å². The van der Waals surface area contributed by atoms with Gasteiger partial charge in [0, 0.05) is 5.56 Å². The summed E-state index contributed by atoms with van der Waals surface area (Å²) in [5.41, 5.74) is 2.96. The first-order valence-electron chi connectivity index (χ1n) is 6.85. The van der Waals surface area contributed by atoms with Crippen LogP contribution in [0.15, 0.2) is 47.6 Å². The van der Waals surface area contributed by atoms with Gasteiger partial charge in [-0.3, -0.25) is 5.43 Å². The fourth-order valence-corrected chi connectivity index (χ4v) is 2.27. The van der Waals surface area contributed by atoms with E-state index in [4.69, 9.17) is 9.84 Å². The highest BCUT2D eigenvalue weighted by atomic mass is 19.4. The van der Waals surface area contributed by atoms with Crippen molar-refractivity contribution >= 4 is 17.4 Å². The number of halogens is 3. The number of nitrogens with zero attached hydrogens (tertiary/aromatic N) is 1. The van der Waals surface area contributed by atoms with Crippen LogP contribution < -0.4 is 10.2 Å². The quantitative estimate of drug-likeness (QED) is 0.840. The zero-order chi connectivity index (χ0) is 17.3. The highest BCUT2D eigenvalue weighted by Crippen LogP contribution is 2.35. The molecule has 1 aliphatic heterocycles. The number of carbonyl (C=O) groups is 1. The minimum atomic E-state index is -4.45. The number of benzene rings is 2.